The predicted octanol–water partition coefficient (Wildman–Crippen LogP) is 3.73. The van der Waals surface area contributed by atoms with Gasteiger partial charge >= 0.3 is 0 Å². The molecule has 0 radical (unpaired) electrons. The molecule has 0 bridgehead atoms. The van der Waals surface area contributed by atoms with Crippen molar-refractivity contribution in [3.8, 4) is 17.2 Å². The molecule has 4 aromatic rings. The van der Waals surface area contributed by atoms with Crippen LogP contribution >= 0.6 is 50.5 Å². The van der Waals surface area contributed by atoms with E-state index >= 15 is 0 Å². The molecule has 0 aromatic carbocycles. The quantitative estimate of drug-likeness (QED) is 0.272. The molecular formula is C18H14N6O3S4. The van der Waals surface area contributed by atoms with Crippen LogP contribution in [-0.4, -0.2) is 37.6 Å². The highest BCUT2D eigenvalue weighted by Gasteiger charge is 2.19. The van der Waals surface area contributed by atoms with Crippen molar-refractivity contribution >= 4 is 67.9 Å². The van der Waals surface area contributed by atoms with Gasteiger partial charge in [0.05, 0.1) is 41.1 Å². The van der Waals surface area contributed by atoms with Crippen LogP contribution in [0, 0.1) is 0 Å². The molecule has 0 aliphatic rings. The van der Waals surface area contributed by atoms with E-state index in [0.717, 1.165) is 0 Å². The van der Waals surface area contributed by atoms with Crippen LogP contribution in [0.4, 0.5) is 5.82 Å². The van der Waals surface area contributed by atoms with Gasteiger partial charge in [0.15, 0.2) is 5.65 Å². The topological polar surface area (TPSA) is 104 Å². The van der Waals surface area contributed by atoms with Crippen LogP contribution in [0.2, 0.25) is 0 Å². The molecule has 4 rings (SSSR count). The number of fused-ring (bicyclic) bond motifs is 1. The van der Waals surface area contributed by atoms with Gasteiger partial charge in [-0.05, 0) is 6.07 Å². The minimum atomic E-state index is -0.498. The van der Waals surface area contributed by atoms with Crippen LogP contribution in [-0.2, 0) is 0 Å². The van der Waals surface area contributed by atoms with Crippen LogP contribution < -0.4 is 14.8 Å². The van der Waals surface area contributed by atoms with Gasteiger partial charge in [-0.25, -0.2) is 4.98 Å². The van der Waals surface area contributed by atoms with Crippen molar-refractivity contribution in [3.63, 3.8) is 0 Å². The Bertz CT molecular complexity index is 1310. The molecule has 0 saturated heterocycles. The summed E-state index contributed by atoms with van der Waals surface area (Å²) in [7, 11) is 1.53. The van der Waals surface area contributed by atoms with Gasteiger partial charge in [0.1, 0.15) is 34.4 Å². The van der Waals surface area contributed by atoms with Crippen molar-refractivity contribution in [1.82, 2.24) is 24.6 Å². The third kappa shape index (κ3) is 4.39. The molecule has 0 spiro atoms. The van der Waals surface area contributed by atoms with E-state index in [1.165, 1.54) is 25.7 Å². The zero-order valence-corrected chi connectivity index (χ0v) is 19.3. The van der Waals surface area contributed by atoms with Crippen LogP contribution in [0.15, 0.2) is 56.8 Å². The zero-order valence-electron chi connectivity index (χ0n) is 15.7. The lowest BCUT2D eigenvalue weighted by Crippen LogP contribution is -2.15. The van der Waals surface area contributed by atoms with E-state index in [1.54, 1.807) is 22.9 Å². The number of methoxy groups -OCH3 is 1. The molecule has 1 N–H and O–H groups in total. The Morgan fingerprint density at radius 2 is 1.81 bits per heavy atom. The largest absolute Gasteiger partial charge is 0.495 e. The molecule has 1 amide bonds. The summed E-state index contributed by atoms with van der Waals surface area (Å²) in [5, 5.41) is 10.9. The fourth-order valence-corrected chi connectivity index (χ4v) is 3.62. The van der Waals surface area contributed by atoms with Crippen LogP contribution in [0.1, 0.15) is 10.4 Å². The number of carbonyl (C=O) groups is 1. The molecule has 0 atom stereocenters. The summed E-state index contributed by atoms with van der Waals surface area (Å²) in [5.41, 5.74) is 0.536. The highest BCUT2D eigenvalue weighted by atomic mass is 32.1. The lowest BCUT2D eigenvalue weighted by Gasteiger charge is -2.13. The first-order valence-electron chi connectivity index (χ1n) is 8.53. The van der Waals surface area contributed by atoms with Crippen molar-refractivity contribution in [2.45, 2.75) is 19.7 Å². The van der Waals surface area contributed by atoms with E-state index in [-0.39, 0.29) is 11.4 Å². The zero-order chi connectivity index (χ0) is 22.1. The Kier molecular flexibility index (Phi) is 6.18. The van der Waals surface area contributed by atoms with Gasteiger partial charge in [0.25, 0.3) is 5.91 Å². The molecule has 0 aliphatic heterocycles. The Morgan fingerprint density at radius 3 is 2.58 bits per heavy atom. The van der Waals surface area contributed by atoms with Gasteiger partial charge in [-0.3, -0.25) is 14.2 Å². The van der Waals surface area contributed by atoms with Crippen molar-refractivity contribution in [1.29, 1.82) is 0 Å². The standard InChI is InChI=1S/C18H14N6O3S4/c1-26-8-2-9(5-19-4-8)27-10-3-11(16-23-20-7-24(16)6-10)17(25)21-15-13(29)12(28)14(30)18(31)22-15/h2-7,29-30H,1H3,(H3,21,22,25,28,31). The third-order valence-electron chi connectivity index (χ3n) is 4.11. The summed E-state index contributed by atoms with van der Waals surface area (Å²) in [6, 6.07) is 3.20. The Labute approximate surface area is 198 Å². The van der Waals surface area contributed by atoms with Crippen molar-refractivity contribution < 1.29 is 14.3 Å². The first-order chi connectivity index (χ1) is 14.9. The van der Waals surface area contributed by atoms with E-state index in [9.17, 15) is 4.79 Å². The number of nitrogens with zero attached hydrogens (tertiary/aromatic N) is 5. The first-order valence-corrected chi connectivity index (χ1v) is 10.3. The number of hydrogen-bond acceptors (Lipinski definition) is 11. The maximum atomic E-state index is 13.1. The van der Waals surface area contributed by atoms with E-state index in [0.29, 0.717) is 42.6 Å². The van der Waals surface area contributed by atoms with Crippen LogP contribution in [0.5, 0.6) is 17.2 Å². The Morgan fingerprint density at radius 1 is 1.03 bits per heavy atom. The van der Waals surface area contributed by atoms with Gasteiger partial charge in [-0.15, -0.1) is 60.7 Å². The summed E-state index contributed by atoms with van der Waals surface area (Å²) in [5.74, 6) is 1.01. The van der Waals surface area contributed by atoms with Crippen molar-refractivity contribution in [3.05, 3.63) is 42.6 Å². The number of nitrogens with one attached hydrogen (secondary N) is 1. The van der Waals surface area contributed by atoms with Crippen LogP contribution in [0.3, 0.4) is 0 Å². The molecule has 13 heteroatoms. The predicted molar refractivity (Wildman–Crippen MR) is 125 cm³/mol. The summed E-state index contributed by atoms with van der Waals surface area (Å²) in [6.07, 6.45) is 6.18. The average molecular weight is 491 g/mol. The molecule has 31 heavy (non-hydrogen) atoms. The van der Waals surface area contributed by atoms with Gasteiger partial charge in [-0.2, -0.15) is 0 Å². The van der Waals surface area contributed by atoms with E-state index < -0.39 is 5.91 Å². The summed E-state index contributed by atoms with van der Waals surface area (Å²) >= 11 is 17.2. The summed E-state index contributed by atoms with van der Waals surface area (Å²) in [6.45, 7) is 0. The molecule has 0 fully saturated rings. The highest BCUT2D eigenvalue weighted by Crippen LogP contribution is 2.34. The number of amides is 1. The minimum Gasteiger partial charge on any atom is -0.495 e. The number of anilines is 1. The second-order valence-electron chi connectivity index (χ2n) is 6.10. The SMILES string of the molecule is COc1cncc(Oc2cc(C(=O)Nc3nc(S)c(S)c(S)c3S)c3nncn3c2)c1. The summed E-state index contributed by atoms with van der Waals surface area (Å²) < 4.78 is 12.6. The molecule has 0 saturated carbocycles. The number of rotatable bonds is 5. The van der Waals surface area contributed by atoms with Gasteiger partial charge < -0.3 is 14.8 Å². The second-order valence-corrected chi connectivity index (χ2v) is 7.86. The fraction of sp³-hybridized carbons (Fsp3) is 0.0556. The lowest BCUT2D eigenvalue weighted by atomic mass is 10.2. The molecule has 0 aliphatic carbocycles. The molecular weight excluding hydrogens is 477 g/mol. The average Bonchev–Trinajstić information content (AvgIpc) is 3.24. The molecule has 158 valence electrons. The van der Waals surface area contributed by atoms with Crippen molar-refractivity contribution in [2.75, 3.05) is 12.4 Å². The molecule has 4 aromatic heterocycles. The first kappa shape index (κ1) is 21.6. The minimum absolute atomic E-state index is 0.183. The number of hydrogen-bond donors (Lipinski definition) is 5. The van der Waals surface area contributed by atoms with Crippen LogP contribution in [0.25, 0.3) is 5.65 Å². The smallest absolute Gasteiger partial charge is 0.260 e. The maximum Gasteiger partial charge on any atom is 0.260 e. The van der Waals surface area contributed by atoms with Gasteiger partial charge in [-0.1, -0.05) is 0 Å². The highest BCUT2D eigenvalue weighted by molar-refractivity contribution is 7.86. The number of pyridine rings is 3. The van der Waals surface area contributed by atoms with Gasteiger partial charge in [0.2, 0.25) is 0 Å². The molecule has 4 heterocycles. The Hall–Kier alpha value is -2.61. The number of thiol groups is 4. The summed E-state index contributed by atoms with van der Waals surface area (Å²) in [4.78, 5) is 22.6. The second kappa shape index (κ2) is 8.86. The molecule has 0 unspecified atom stereocenters. The fourth-order valence-electron chi connectivity index (χ4n) is 2.64. The van der Waals surface area contributed by atoms with Crippen molar-refractivity contribution in [2.24, 2.45) is 0 Å². The number of aromatic nitrogens is 5. The number of ether oxygens (including phenoxy) is 2. The Balaban J connectivity index is 1.70. The monoisotopic (exact) mass is 490 g/mol. The third-order valence-corrected chi connectivity index (χ3v) is 6.28. The lowest BCUT2D eigenvalue weighted by molar-refractivity contribution is 0.102. The van der Waals surface area contributed by atoms with E-state index in [1.807, 2.05) is 0 Å². The van der Waals surface area contributed by atoms with Gasteiger partial charge in [0, 0.05) is 11.0 Å². The molecule has 9 nitrogen and oxygen atoms in total. The van der Waals surface area contributed by atoms with E-state index in [2.05, 4.69) is 76.0 Å². The normalized spacial score (nSPS) is 10.9. The number of carbonyl (C=O) groups excluding carboxylic acids is 1. The maximum absolute atomic E-state index is 13.1. The van der Waals surface area contributed by atoms with E-state index in [4.69, 9.17) is 9.47 Å².